The molecule has 9 aromatic carbocycles. The first-order valence-corrected chi connectivity index (χ1v) is 19.6. The number of aromatic nitrogens is 3. The van der Waals surface area contributed by atoms with Gasteiger partial charge >= 0.3 is 0 Å². The summed E-state index contributed by atoms with van der Waals surface area (Å²) in [6.07, 6.45) is 0. The first-order chi connectivity index (χ1) is 28.7. The molecule has 0 aliphatic heterocycles. The van der Waals surface area contributed by atoms with Gasteiger partial charge in [0.05, 0.1) is 0 Å². The molecule has 272 valence electrons. The molecular weight excluding hydrogens is 703 g/mol. The Labute approximate surface area is 338 Å². The van der Waals surface area contributed by atoms with Gasteiger partial charge in [0.1, 0.15) is 0 Å². The zero-order chi connectivity index (χ0) is 38.7. The van der Waals surface area contributed by atoms with Crippen LogP contribution in [-0.2, 0) is 0 Å². The lowest BCUT2D eigenvalue weighted by Crippen LogP contribution is -2.00. The van der Waals surface area contributed by atoms with E-state index in [2.05, 4.69) is 164 Å². The molecule has 0 bridgehead atoms. The van der Waals surface area contributed by atoms with Gasteiger partial charge in [0, 0.05) is 16.7 Å². The summed E-state index contributed by atoms with van der Waals surface area (Å²) in [7, 11) is 0. The Morgan fingerprint density at radius 1 is 0.224 bits per heavy atom. The molecule has 0 N–H and O–H groups in total. The summed E-state index contributed by atoms with van der Waals surface area (Å²) in [5.74, 6) is 1.90. The van der Waals surface area contributed by atoms with Crippen molar-refractivity contribution in [1.82, 2.24) is 15.0 Å². The van der Waals surface area contributed by atoms with Crippen LogP contribution < -0.4 is 0 Å². The molecule has 0 saturated carbocycles. The van der Waals surface area contributed by atoms with Crippen LogP contribution in [0.4, 0.5) is 0 Å². The largest absolute Gasteiger partial charge is 0.208 e. The van der Waals surface area contributed by atoms with E-state index in [-0.39, 0.29) is 0 Å². The van der Waals surface area contributed by atoms with Crippen molar-refractivity contribution in [3.8, 4) is 89.8 Å². The predicted molar refractivity (Wildman–Crippen MR) is 241 cm³/mol. The van der Waals surface area contributed by atoms with Gasteiger partial charge in [-0.05, 0) is 84.6 Å². The molecular formula is C55H37N3. The monoisotopic (exact) mass is 739 g/mol. The van der Waals surface area contributed by atoms with Crippen molar-refractivity contribution >= 4 is 10.8 Å². The first-order valence-electron chi connectivity index (χ1n) is 19.6. The van der Waals surface area contributed by atoms with Crippen LogP contribution in [0.5, 0.6) is 0 Å². The SMILES string of the molecule is c1ccc(-c2nc(-c3ccccc3)nc(-c3cccc(-c4c(-c5ccccc5)cc(-c5ccc(-c6cccc7ccccc67)cc5)cc4-c4ccccc4)c3)n2)cc1. The molecule has 0 aliphatic rings. The highest BCUT2D eigenvalue weighted by Gasteiger charge is 2.19. The smallest absolute Gasteiger partial charge is 0.164 e. The number of rotatable bonds is 8. The van der Waals surface area contributed by atoms with Crippen LogP contribution in [0.15, 0.2) is 224 Å². The van der Waals surface area contributed by atoms with Crippen molar-refractivity contribution in [1.29, 1.82) is 0 Å². The molecule has 0 spiro atoms. The molecule has 3 heteroatoms. The van der Waals surface area contributed by atoms with Crippen molar-refractivity contribution in [2.24, 2.45) is 0 Å². The molecule has 0 aliphatic carbocycles. The van der Waals surface area contributed by atoms with E-state index in [1.807, 2.05) is 60.7 Å². The molecule has 3 nitrogen and oxygen atoms in total. The fourth-order valence-electron chi connectivity index (χ4n) is 7.88. The lowest BCUT2D eigenvalue weighted by molar-refractivity contribution is 1.07. The van der Waals surface area contributed by atoms with E-state index < -0.39 is 0 Å². The minimum atomic E-state index is 0.625. The quantitative estimate of drug-likeness (QED) is 0.156. The minimum Gasteiger partial charge on any atom is -0.208 e. The van der Waals surface area contributed by atoms with Gasteiger partial charge in [0.2, 0.25) is 0 Å². The van der Waals surface area contributed by atoms with E-state index >= 15 is 0 Å². The topological polar surface area (TPSA) is 38.7 Å². The van der Waals surface area contributed by atoms with E-state index in [9.17, 15) is 0 Å². The average molecular weight is 740 g/mol. The Bertz CT molecular complexity index is 2890. The summed E-state index contributed by atoms with van der Waals surface area (Å²) in [5, 5.41) is 2.50. The lowest BCUT2D eigenvalue weighted by Gasteiger charge is -2.20. The predicted octanol–water partition coefficient (Wildman–Crippen LogP) is 14.4. The fourth-order valence-corrected chi connectivity index (χ4v) is 7.88. The van der Waals surface area contributed by atoms with E-state index in [4.69, 9.17) is 15.0 Å². The van der Waals surface area contributed by atoms with E-state index in [0.29, 0.717) is 17.5 Å². The molecule has 10 rings (SSSR count). The molecule has 0 amide bonds. The normalized spacial score (nSPS) is 11.1. The standard InChI is InChI=1S/C55H37N3/c1-5-17-40(18-6-1)50-36-47(38-31-33-42(34-32-38)49-30-16-26-39-21-13-14-29-48(39)49)37-51(41-19-7-2-8-20-41)52(50)45-27-15-28-46(35-45)55-57-53(43-22-9-3-10-23-43)56-54(58-55)44-24-11-4-12-25-44/h1-37H. The van der Waals surface area contributed by atoms with Gasteiger partial charge in [-0.25, -0.2) is 15.0 Å². The van der Waals surface area contributed by atoms with Gasteiger partial charge in [-0.3, -0.25) is 0 Å². The van der Waals surface area contributed by atoms with Gasteiger partial charge in [-0.15, -0.1) is 0 Å². The Hall–Kier alpha value is -7.75. The third-order valence-electron chi connectivity index (χ3n) is 10.7. The van der Waals surface area contributed by atoms with Crippen molar-refractivity contribution < 1.29 is 0 Å². The van der Waals surface area contributed by atoms with Crippen LogP contribution in [0.2, 0.25) is 0 Å². The summed E-state index contributed by atoms with van der Waals surface area (Å²) in [4.78, 5) is 15.1. The molecule has 58 heavy (non-hydrogen) atoms. The number of hydrogen-bond acceptors (Lipinski definition) is 3. The lowest BCUT2D eigenvalue weighted by atomic mass is 9.84. The molecule has 0 radical (unpaired) electrons. The first kappa shape index (κ1) is 34.7. The van der Waals surface area contributed by atoms with Gasteiger partial charge < -0.3 is 0 Å². The second-order valence-corrected chi connectivity index (χ2v) is 14.4. The fraction of sp³-hybridized carbons (Fsp3) is 0. The van der Waals surface area contributed by atoms with E-state index in [0.717, 1.165) is 61.2 Å². The number of nitrogens with zero attached hydrogens (tertiary/aromatic N) is 3. The number of benzene rings is 9. The molecule has 1 aromatic heterocycles. The van der Waals surface area contributed by atoms with Gasteiger partial charge in [0.15, 0.2) is 17.5 Å². The third-order valence-corrected chi connectivity index (χ3v) is 10.7. The molecule has 1 heterocycles. The summed E-state index contributed by atoms with van der Waals surface area (Å²) in [5.41, 5.74) is 14.4. The summed E-state index contributed by atoms with van der Waals surface area (Å²) >= 11 is 0. The Morgan fingerprint density at radius 3 is 1.19 bits per heavy atom. The molecule has 10 aromatic rings. The zero-order valence-corrected chi connectivity index (χ0v) is 31.7. The Balaban J connectivity index is 1.15. The van der Waals surface area contributed by atoms with Gasteiger partial charge in [0.25, 0.3) is 0 Å². The van der Waals surface area contributed by atoms with Crippen molar-refractivity contribution in [3.05, 3.63) is 224 Å². The van der Waals surface area contributed by atoms with Crippen LogP contribution >= 0.6 is 0 Å². The second kappa shape index (κ2) is 15.4. The van der Waals surface area contributed by atoms with E-state index in [1.54, 1.807) is 0 Å². The average Bonchev–Trinajstić information content (AvgIpc) is 3.32. The van der Waals surface area contributed by atoms with Crippen LogP contribution in [0.1, 0.15) is 0 Å². The maximum absolute atomic E-state index is 5.07. The third kappa shape index (κ3) is 6.87. The van der Waals surface area contributed by atoms with Crippen LogP contribution in [0.3, 0.4) is 0 Å². The van der Waals surface area contributed by atoms with Crippen LogP contribution in [-0.4, -0.2) is 15.0 Å². The summed E-state index contributed by atoms with van der Waals surface area (Å²) in [6.45, 7) is 0. The number of hydrogen-bond donors (Lipinski definition) is 0. The highest BCUT2D eigenvalue weighted by molar-refractivity contribution is 5.99. The van der Waals surface area contributed by atoms with Crippen LogP contribution in [0.25, 0.3) is 101 Å². The molecule has 0 fully saturated rings. The Morgan fingerprint density at radius 2 is 0.621 bits per heavy atom. The molecule has 0 saturated heterocycles. The summed E-state index contributed by atoms with van der Waals surface area (Å²) < 4.78 is 0. The zero-order valence-electron chi connectivity index (χ0n) is 31.7. The molecule has 0 unspecified atom stereocenters. The summed E-state index contributed by atoms with van der Waals surface area (Å²) in [6, 6.07) is 79.1. The Kier molecular flexibility index (Phi) is 9.23. The number of fused-ring (bicyclic) bond motifs is 1. The second-order valence-electron chi connectivity index (χ2n) is 14.4. The maximum Gasteiger partial charge on any atom is 0.164 e. The minimum absolute atomic E-state index is 0.625. The van der Waals surface area contributed by atoms with Crippen molar-refractivity contribution in [2.45, 2.75) is 0 Å². The highest BCUT2D eigenvalue weighted by Crippen LogP contribution is 2.44. The van der Waals surface area contributed by atoms with Gasteiger partial charge in [-0.1, -0.05) is 206 Å². The molecule has 0 atom stereocenters. The maximum atomic E-state index is 5.07. The highest BCUT2D eigenvalue weighted by atomic mass is 15.0. The van der Waals surface area contributed by atoms with Crippen LogP contribution in [0, 0.1) is 0 Å². The van der Waals surface area contributed by atoms with Crippen molar-refractivity contribution in [3.63, 3.8) is 0 Å². The van der Waals surface area contributed by atoms with Crippen molar-refractivity contribution in [2.75, 3.05) is 0 Å². The van der Waals surface area contributed by atoms with Gasteiger partial charge in [-0.2, -0.15) is 0 Å². The van der Waals surface area contributed by atoms with E-state index in [1.165, 1.54) is 21.9 Å².